The fraction of sp³-hybridized carbons (Fsp3) is 0.417. The number of H-pyrrole nitrogens is 1. The summed E-state index contributed by atoms with van der Waals surface area (Å²) in [4.78, 5) is 0. The number of hydrogen-bond acceptors (Lipinski definition) is 2. The van der Waals surface area contributed by atoms with Crippen molar-refractivity contribution in [3.63, 3.8) is 0 Å². The number of aromatic nitrogens is 2. The molecule has 1 unspecified atom stereocenters. The minimum Gasteiger partial charge on any atom is -0.315 e. The maximum atomic E-state index is 13.5. The predicted octanol–water partition coefficient (Wildman–Crippen LogP) is 1.56. The van der Waals surface area contributed by atoms with Gasteiger partial charge in [0.05, 0.1) is 5.69 Å². The van der Waals surface area contributed by atoms with Gasteiger partial charge >= 0.3 is 0 Å². The summed E-state index contributed by atoms with van der Waals surface area (Å²) >= 11 is 0. The number of rotatable bonds is 1. The minimum atomic E-state index is -0.212. The van der Waals surface area contributed by atoms with Crippen molar-refractivity contribution in [2.24, 2.45) is 5.92 Å². The number of fused-ring (bicyclic) bond motifs is 2. The van der Waals surface area contributed by atoms with E-state index in [1.165, 1.54) is 12.5 Å². The van der Waals surface area contributed by atoms with Crippen LogP contribution in [0.25, 0.3) is 10.9 Å². The predicted molar refractivity (Wildman–Crippen MR) is 58.7 cm³/mol. The van der Waals surface area contributed by atoms with E-state index in [2.05, 4.69) is 15.5 Å². The van der Waals surface area contributed by atoms with Crippen LogP contribution in [0, 0.1) is 11.7 Å². The molecule has 2 heterocycles. The van der Waals surface area contributed by atoms with E-state index in [9.17, 15) is 4.39 Å². The Hall–Kier alpha value is -1.42. The van der Waals surface area contributed by atoms with E-state index < -0.39 is 0 Å². The van der Waals surface area contributed by atoms with Crippen LogP contribution in [-0.4, -0.2) is 23.3 Å². The van der Waals surface area contributed by atoms with Gasteiger partial charge in [-0.25, -0.2) is 4.39 Å². The first-order valence-electron chi connectivity index (χ1n) is 5.65. The third-order valence-electron chi connectivity index (χ3n) is 4.08. The van der Waals surface area contributed by atoms with Crippen molar-refractivity contribution < 1.29 is 4.39 Å². The third-order valence-corrected chi connectivity index (χ3v) is 4.08. The van der Waals surface area contributed by atoms with Gasteiger partial charge in [0.25, 0.3) is 0 Å². The lowest BCUT2D eigenvalue weighted by molar-refractivity contribution is 0.636. The quantitative estimate of drug-likeness (QED) is 0.761. The monoisotopic (exact) mass is 217 g/mol. The summed E-state index contributed by atoms with van der Waals surface area (Å²) in [6, 6.07) is 5.19. The maximum Gasteiger partial charge on any atom is 0.148 e. The highest BCUT2D eigenvalue weighted by Crippen LogP contribution is 2.57. The molecule has 1 saturated carbocycles. The first-order chi connectivity index (χ1) is 7.81. The van der Waals surface area contributed by atoms with Crippen LogP contribution in [0.4, 0.5) is 4.39 Å². The average molecular weight is 217 g/mol. The molecule has 0 radical (unpaired) electrons. The second kappa shape index (κ2) is 2.63. The van der Waals surface area contributed by atoms with Crippen molar-refractivity contribution in [1.82, 2.24) is 15.5 Å². The van der Waals surface area contributed by atoms with Gasteiger partial charge in [-0.1, -0.05) is 12.1 Å². The van der Waals surface area contributed by atoms with Gasteiger partial charge in [0, 0.05) is 17.3 Å². The highest BCUT2D eigenvalue weighted by Gasteiger charge is 2.60. The maximum absolute atomic E-state index is 13.5. The summed E-state index contributed by atoms with van der Waals surface area (Å²) in [7, 11) is 0. The molecule has 0 spiro atoms. The molecule has 4 rings (SSSR count). The van der Waals surface area contributed by atoms with Gasteiger partial charge < -0.3 is 5.32 Å². The van der Waals surface area contributed by atoms with Crippen molar-refractivity contribution in [2.75, 3.05) is 13.1 Å². The molecule has 2 aromatic rings. The van der Waals surface area contributed by atoms with Gasteiger partial charge in [-0.15, -0.1) is 0 Å². The van der Waals surface area contributed by atoms with Crippen LogP contribution >= 0.6 is 0 Å². The van der Waals surface area contributed by atoms with E-state index >= 15 is 0 Å². The zero-order valence-corrected chi connectivity index (χ0v) is 8.76. The molecule has 1 aliphatic carbocycles. The summed E-state index contributed by atoms with van der Waals surface area (Å²) in [6.07, 6.45) is 1.19. The number of hydrogen-bond donors (Lipinski definition) is 2. The van der Waals surface area contributed by atoms with Crippen molar-refractivity contribution in [2.45, 2.75) is 11.8 Å². The molecule has 1 saturated heterocycles. The number of piperidine rings is 1. The minimum absolute atomic E-state index is 0.187. The number of para-hydroxylation sites is 1. The highest BCUT2D eigenvalue weighted by molar-refractivity contribution is 5.83. The van der Waals surface area contributed by atoms with Gasteiger partial charge in [0.2, 0.25) is 0 Å². The summed E-state index contributed by atoms with van der Waals surface area (Å²) in [5.74, 6) is 0.484. The van der Waals surface area contributed by atoms with Crippen molar-refractivity contribution in [3.05, 3.63) is 29.7 Å². The van der Waals surface area contributed by atoms with Crippen LogP contribution in [0.5, 0.6) is 0 Å². The second-order valence-electron chi connectivity index (χ2n) is 4.92. The molecule has 2 fully saturated rings. The standard InChI is InChI=1S/C12H12FN3/c13-9-3-1-2-8-10(9)15-16-11(8)12-4-7(12)5-14-6-12/h1-3,7,14H,4-6H2,(H,15,16)/t7-,12?/m1/s1. The number of nitrogens with zero attached hydrogens (tertiary/aromatic N) is 1. The number of aromatic amines is 1. The molecule has 1 aliphatic heterocycles. The summed E-state index contributed by atoms with van der Waals surface area (Å²) in [5, 5.41) is 11.5. The Balaban J connectivity index is 1.96. The normalized spacial score (nSPS) is 31.9. The van der Waals surface area contributed by atoms with Gasteiger partial charge in [0.15, 0.2) is 0 Å². The van der Waals surface area contributed by atoms with Gasteiger partial charge in [-0.2, -0.15) is 5.10 Å². The Kier molecular flexibility index (Phi) is 1.43. The lowest BCUT2D eigenvalue weighted by atomic mass is 9.98. The van der Waals surface area contributed by atoms with E-state index in [0.717, 1.165) is 24.2 Å². The van der Waals surface area contributed by atoms with Crippen LogP contribution in [0.2, 0.25) is 0 Å². The molecule has 3 nitrogen and oxygen atoms in total. The van der Waals surface area contributed by atoms with E-state index in [4.69, 9.17) is 0 Å². The van der Waals surface area contributed by atoms with Gasteiger partial charge in [0.1, 0.15) is 11.3 Å². The van der Waals surface area contributed by atoms with E-state index in [1.54, 1.807) is 6.07 Å². The smallest absolute Gasteiger partial charge is 0.148 e. The van der Waals surface area contributed by atoms with Crippen LogP contribution < -0.4 is 5.32 Å². The van der Waals surface area contributed by atoms with Crippen LogP contribution in [0.1, 0.15) is 12.1 Å². The van der Waals surface area contributed by atoms with E-state index in [-0.39, 0.29) is 11.2 Å². The molecule has 82 valence electrons. The summed E-state index contributed by atoms with van der Waals surface area (Å²) in [5.41, 5.74) is 1.79. The molecule has 16 heavy (non-hydrogen) atoms. The zero-order valence-electron chi connectivity index (χ0n) is 8.76. The molecule has 0 amide bonds. The second-order valence-corrected chi connectivity index (χ2v) is 4.92. The summed E-state index contributed by atoms with van der Waals surface area (Å²) in [6.45, 7) is 2.05. The van der Waals surface area contributed by atoms with Gasteiger partial charge in [-0.05, 0) is 24.9 Å². The van der Waals surface area contributed by atoms with Crippen LogP contribution in [0.3, 0.4) is 0 Å². The first-order valence-corrected chi connectivity index (χ1v) is 5.65. The molecule has 2 atom stereocenters. The Morgan fingerprint density at radius 3 is 3.12 bits per heavy atom. The molecule has 4 heteroatoms. The van der Waals surface area contributed by atoms with Crippen molar-refractivity contribution in [3.8, 4) is 0 Å². The molecule has 1 aromatic heterocycles. The highest BCUT2D eigenvalue weighted by atomic mass is 19.1. The van der Waals surface area contributed by atoms with Crippen LogP contribution in [0.15, 0.2) is 18.2 Å². The largest absolute Gasteiger partial charge is 0.315 e. The fourth-order valence-corrected chi connectivity index (χ4v) is 3.09. The SMILES string of the molecule is Fc1cccc2c(C34CNC[C@H]3C4)n[nH]c12. The fourth-order valence-electron chi connectivity index (χ4n) is 3.09. The van der Waals surface area contributed by atoms with Gasteiger partial charge in [-0.3, -0.25) is 5.10 Å². The Bertz CT molecular complexity index is 577. The van der Waals surface area contributed by atoms with E-state index in [1.807, 2.05) is 6.07 Å². The average Bonchev–Trinajstić information content (AvgIpc) is 2.70. The summed E-state index contributed by atoms with van der Waals surface area (Å²) < 4.78 is 13.5. The molecule has 2 aliphatic rings. The van der Waals surface area contributed by atoms with Crippen LogP contribution in [-0.2, 0) is 5.41 Å². The Morgan fingerprint density at radius 1 is 1.44 bits per heavy atom. The molecular weight excluding hydrogens is 205 g/mol. The first kappa shape index (κ1) is 8.70. The Labute approximate surface area is 92.0 Å². The topological polar surface area (TPSA) is 40.7 Å². The lowest BCUT2D eigenvalue weighted by Gasteiger charge is -2.08. The van der Waals surface area contributed by atoms with Crippen molar-refractivity contribution in [1.29, 1.82) is 0 Å². The lowest BCUT2D eigenvalue weighted by Crippen LogP contribution is -2.19. The zero-order chi connectivity index (χ0) is 10.8. The molecular formula is C12H12FN3. The molecule has 2 N–H and O–H groups in total. The number of benzene rings is 1. The van der Waals surface area contributed by atoms with Crippen molar-refractivity contribution >= 4 is 10.9 Å². The third kappa shape index (κ3) is 0.888. The number of halogens is 1. The number of nitrogens with one attached hydrogen (secondary N) is 2. The Morgan fingerprint density at radius 2 is 2.38 bits per heavy atom. The molecule has 1 aromatic carbocycles. The molecule has 0 bridgehead atoms. The van der Waals surface area contributed by atoms with E-state index in [0.29, 0.717) is 11.4 Å².